The number of hydrogen-bond acceptors (Lipinski definition) is 3. The standard InChI is InChI=1S/C49H97N3S/c1-5-8-11-14-17-20-22-24-26-28-30-32-34-37-40-43-46-52-48(45-42-39-36-33-31-29-27-25-23-21-18-15-12-9-6-2)50-51-49(52)53-47(4)44-41-38-35-19-16-13-10-7-3/h47H,5-46H2,1-4H3. The van der Waals surface area contributed by atoms with Crippen molar-refractivity contribution in [2.24, 2.45) is 0 Å². The van der Waals surface area contributed by atoms with E-state index < -0.39 is 0 Å². The highest BCUT2D eigenvalue weighted by Gasteiger charge is 2.15. The van der Waals surface area contributed by atoms with Gasteiger partial charge in [0.1, 0.15) is 5.82 Å². The molecule has 0 aromatic carbocycles. The van der Waals surface area contributed by atoms with Crippen molar-refractivity contribution in [2.75, 3.05) is 0 Å². The predicted molar refractivity (Wildman–Crippen MR) is 241 cm³/mol. The maximum absolute atomic E-state index is 4.80. The van der Waals surface area contributed by atoms with E-state index in [-0.39, 0.29) is 0 Å². The molecule has 3 nitrogen and oxygen atoms in total. The van der Waals surface area contributed by atoms with Crippen molar-refractivity contribution in [1.82, 2.24) is 14.8 Å². The Balaban J connectivity index is 2.30. The lowest BCUT2D eigenvalue weighted by Gasteiger charge is -2.14. The highest BCUT2D eigenvalue weighted by atomic mass is 32.2. The normalized spacial score (nSPS) is 12.3. The molecule has 0 aliphatic heterocycles. The lowest BCUT2D eigenvalue weighted by atomic mass is 10.0. The highest BCUT2D eigenvalue weighted by molar-refractivity contribution is 7.99. The fourth-order valence-corrected chi connectivity index (χ4v) is 9.15. The van der Waals surface area contributed by atoms with Crippen LogP contribution in [0.25, 0.3) is 0 Å². The number of unbranched alkanes of at least 4 members (excludes halogenated alkanes) is 36. The summed E-state index contributed by atoms with van der Waals surface area (Å²) in [6.45, 7) is 10.5. The van der Waals surface area contributed by atoms with Gasteiger partial charge in [-0.15, -0.1) is 10.2 Å². The molecule has 0 saturated carbocycles. The van der Waals surface area contributed by atoms with E-state index in [4.69, 9.17) is 10.2 Å². The smallest absolute Gasteiger partial charge is 0.191 e. The summed E-state index contributed by atoms with van der Waals surface area (Å²) >= 11 is 2.01. The Morgan fingerprint density at radius 2 is 0.679 bits per heavy atom. The third kappa shape index (κ3) is 33.4. The van der Waals surface area contributed by atoms with Crippen LogP contribution in [0.4, 0.5) is 0 Å². The van der Waals surface area contributed by atoms with Crippen LogP contribution in [0.2, 0.25) is 0 Å². The van der Waals surface area contributed by atoms with Gasteiger partial charge in [-0.25, -0.2) is 0 Å². The molecule has 1 heterocycles. The number of nitrogens with zero attached hydrogens (tertiary/aromatic N) is 3. The molecule has 4 heteroatoms. The zero-order valence-corrected chi connectivity index (χ0v) is 37.8. The molecule has 0 spiro atoms. The zero-order valence-electron chi connectivity index (χ0n) is 37.0. The Kier molecular flexibility index (Phi) is 39.2. The maximum Gasteiger partial charge on any atom is 0.191 e. The molecule has 0 saturated heterocycles. The van der Waals surface area contributed by atoms with Crippen LogP contribution in [-0.4, -0.2) is 20.0 Å². The van der Waals surface area contributed by atoms with E-state index in [0.717, 1.165) is 13.0 Å². The Labute approximate surface area is 339 Å². The molecule has 53 heavy (non-hydrogen) atoms. The van der Waals surface area contributed by atoms with Crippen LogP contribution in [0.1, 0.15) is 290 Å². The predicted octanol–water partition coefficient (Wildman–Crippen LogP) is 18.0. The molecule has 0 N–H and O–H groups in total. The molecule has 0 fully saturated rings. The second-order valence-electron chi connectivity index (χ2n) is 17.2. The van der Waals surface area contributed by atoms with Gasteiger partial charge in [0, 0.05) is 18.2 Å². The van der Waals surface area contributed by atoms with E-state index in [9.17, 15) is 0 Å². The van der Waals surface area contributed by atoms with Gasteiger partial charge < -0.3 is 4.57 Å². The minimum Gasteiger partial charge on any atom is -0.306 e. The topological polar surface area (TPSA) is 30.7 Å². The fraction of sp³-hybridized carbons (Fsp3) is 0.959. The van der Waals surface area contributed by atoms with E-state index in [1.165, 1.54) is 268 Å². The molecule has 314 valence electrons. The number of aromatic nitrogens is 3. The van der Waals surface area contributed by atoms with E-state index in [1.54, 1.807) is 0 Å². The third-order valence-corrected chi connectivity index (χ3v) is 13.0. The minimum absolute atomic E-state index is 0.627. The first-order valence-corrected chi connectivity index (χ1v) is 25.7. The second-order valence-corrected chi connectivity index (χ2v) is 18.7. The van der Waals surface area contributed by atoms with Crippen LogP contribution in [0, 0.1) is 0 Å². The van der Waals surface area contributed by atoms with Crippen LogP contribution in [0.15, 0.2) is 5.16 Å². The Morgan fingerprint density at radius 1 is 0.377 bits per heavy atom. The lowest BCUT2D eigenvalue weighted by molar-refractivity contribution is 0.502. The summed E-state index contributed by atoms with van der Waals surface area (Å²) in [4.78, 5) is 0. The summed E-state index contributed by atoms with van der Waals surface area (Å²) in [5, 5.41) is 11.4. The monoisotopic (exact) mass is 760 g/mol. The van der Waals surface area contributed by atoms with Crippen molar-refractivity contribution in [2.45, 2.75) is 308 Å². The number of hydrogen-bond donors (Lipinski definition) is 0. The van der Waals surface area contributed by atoms with Gasteiger partial charge in [-0.2, -0.15) is 0 Å². The van der Waals surface area contributed by atoms with Gasteiger partial charge in [0.05, 0.1) is 0 Å². The molecule has 1 rings (SSSR count). The molecule has 0 amide bonds. The molecular weight excluding hydrogens is 663 g/mol. The van der Waals surface area contributed by atoms with Gasteiger partial charge in [0.25, 0.3) is 0 Å². The lowest BCUT2D eigenvalue weighted by Crippen LogP contribution is -2.08. The molecule has 1 aromatic rings. The first-order valence-electron chi connectivity index (χ1n) is 24.8. The third-order valence-electron chi connectivity index (χ3n) is 11.8. The van der Waals surface area contributed by atoms with Crippen LogP contribution in [-0.2, 0) is 13.0 Å². The quantitative estimate of drug-likeness (QED) is 0.0490. The number of rotatable bonds is 44. The molecule has 1 unspecified atom stereocenters. The first kappa shape index (κ1) is 50.5. The Hall–Kier alpha value is -0.510. The van der Waals surface area contributed by atoms with Gasteiger partial charge in [-0.3, -0.25) is 0 Å². The van der Waals surface area contributed by atoms with Gasteiger partial charge in [-0.1, -0.05) is 277 Å². The zero-order chi connectivity index (χ0) is 38.1. The van der Waals surface area contributed by atoms with Crippen molar-refractivity contribution in [3.05, 3.63) is 5.82 Å². The summed E-state index contributed by atoms with van der Waals surface area (Å²) in [7, 11) is 0. The molecule has 1 atom stereocenters. The maximum atomic E-state index is 4.80. The van der Waals surface area contributed by atoms with Crippen molar-refractivity contribution >= 4 is 11.8 Å². The molecule has 0 radical (unpaired) electrons. The number of aryl methyl sites for hydroxylation is 1. The van der Waals surface area contributed by atoms with Crippen molar-refractivity contribution in [1.29, 1.82) is 0 Å². The van der Waals surface area contributed by atoms with Gasteiger partial charge in [-0.05, 0) is 19.3 Å². The summed E-state index contributed by atoms with van der Waals surface area (Å²) in [6.07, 6.45) is 57.8. The van der Waals surface area contributed by atoms with E-state index in [2.05, 4.69) is 32.3 Å². The minimum atomic E-state index is 0.627. The first-order chi connectivity index (χ1) is 26.2. The Morgan fingerprint density at radius 3 is 1.04 bits per heavy atom. The van der Waals surface area contributed by atoms with Crippen molar-refractivity contribution in [3.63, 3.8) is 0 Å². The van der Waals surface area contributed by atoms with Gasteiger partial charge in [0.2, 0.25) is 0 Å². The molecule has 1 aromatic heterocycles. The van der Waals surface area contributed by atoms with Crippen LogP contribution < -0.4 is 0 Å². The largest absolute Gasteiger partial charge is 0.306 e. The second kappa shape index (κ2) is 41.1. The van der Waals surface area contributed by atoms with E-state index >= 15 is 0 Å². The van der Waals surface area contributed by atoms with Crippen molar-refractivity contribution in [3.8, 4) is 0 Å². The van der Waals surface area contributed by atoms with Crippen LogP contribution >= 0.6 is 11.8 Å². The Bertz CT molecular complexity index is 838. The highest BCUT2D eigenvalue weighted by Crippen LogP contribution is 2.27. The van der Waals surface area contributed by atoms with E-state index in [1.807, 2.05) is 11.8 Å². The average Bonchev–Trinajstić information content (AvgIpc) is 3.54. The van der Waals surface area contributed by atoms with E-state index in [0.29, 0.717) is 5.25 Å². The summed E-state index contributed by atoms with van der Waals surface area (Å²) in [5.41, 5.74) is 0. The molecule has 0 aliphatic carbocycles. The molecule has 0 aliphatic rings. The SMILES string of the molecule is CCCCCCCCCCCCCCCCCCn1c(CCCCCCCCCCCCCCCCC)nnc1SC(C)CCCCCCCCCC. The summed E-state index contributed by atoms with van der Waals surface area (Å²) in [5.74, 6) is 1.27. The summed E-state index contributed by atoms with van der Waals surface area (Å²) in [6, 6.07) is 0. The fourth-order valence-electron chi connectivity index (χ4n) is 8.09. The molecule has 0 bridgehead atoms. The van der Waals surface area contributed by atoms with Crippen molar-refractivity contribution < 1.29 is 0 Å². The van der Waals surface area contributed by atoms with Gasteiger partial charge >= 0.3 is 0 Å². The number of thioether (sulfide) groups is 1. The average molecular weight is 760 g/mol. The summed E-state index contributed by atoms with van der Waals surface area (Å²) < 4.78 is 2.54. The van der Waals surface area contributed by atoms with Gasteiger partial charge in [0.15, 0.2) is 5.16 Å². The molecular formula is C49H97N3S. The van der Waals surface area contributed by atoms with Crippen LogP contribution in [0.3, 0.4) is 0 Å². The van der Waals surface area contributed by atoms with Crippen LogP contribution in [0.5, 0.6) is 0 Å².